The first-order valence-electron chi connectivity index (χ1n) is 4.22. The average Bonchev–Trinajstić information content (AvgIpc) is 2.29. The van der Waals surface area contributed by atoms with E-state index in [1.165, 1.54) is 0 Å². The summed E-state index contributed by atoms with van der Waals surface area (Å²) in [6, 6.07) is 15.8. The van der Waals surface area contributed by atoms with Crippen LogP contribution in [0.4, 0.5) is 0 Å². The van der Waals surface area contributed by atoms with E-state index in [4.69, 9.17) is 15.5 Å². The molecule has 0 aliphatic rings. The van der Waals surface area contributed by atoms with Crippen molar-refractivity contribution >= 4 is 16.9 Å². The molecule has 0 unspecified atom stereocenters. The van der Waals surface area contributed by atoms with Crippen LogP contribution in [0.15, 0.2) is 42.5 Å². The maximum Gasteiger partial charge on any atom is 0.0998 e. The highest BCUT2D eigenvalue weighted by Crippen LogP contribution is 2.16. The molecule has 72 valence electrons. The van der Waals surface area contributed by atoms with Gasteiger partial charge in [0.05, 0.1) is 11.6 Å². The third-order valence-electron chi connectivity index (χ3n) is 1.91. The molecule has 0 atom stereocenters. The Morgan fingerprint density at radius 1 is 1.07 bits per heavy atom. The number of hydrogen-bond acceptors (Lipinski definition) is 2. The van der Waals surface area contributed by atoms with Gasteiger partial charge in [0.1, 0.15) is 0 Å². The molecule has 0 aliphatic carbocycles. The zero-order valence-corrected chi connectivity index (χ0v) is 7.84. The summed E-state index contributed by atoms with van der Waals surface area (Å²) in [4.78, 5) is 8.24. The number of rotatable bonds is 0. The third kappa shape index (κ3) is 2.50. The molecule has 15 heavy (non-hydrogen) atoms. The maximum atomic E-state index is 8.79. The lowest BCUT2D eigenvalue weighted by Gasteiger charge is -1.97. The quantitative estimate of drug-likeness (QED) is 0.479. The van der Waals surface area contributed by atoms with E-state index >= 15 is 0 Å². The number of fused-ring (bicyclic) bond motifs is 1. The van der Waals surface area contributed by atoms with E-state index in [0.717, 1.165) is 16.3 Å². The third-order valence-corrected chi connectivity index (χ3v) is 1.91. The van der Waals surface area contributed by atoms with Crippen molar-refractivity contribution in [3.05, 3.63) is 53.4 Å². The van der Waals surface area contributed by atoms with E-state index in [0.29, 0.717) is 6.08 Å². The standard InChI is InChI=1S/C11H7N.CNO/c12-8-10-6-3-5-9-4-1-2-7-11(9)10;2-1-3/h1-7H;/q;-1. The van der Waals surface area contributed by atoms with Crippen LogP contribution in [0.25, 0.3) is 16.2 Å². The molecule has 0 heterocycles. The molecule has 0 aliphatic heterocycles. The maximum absolute atomic E-state index is 8.79. The summed E-state index contributed by atoms with van der Waals surface area (Å²) in [5.74, 6) is 0. The second kappa shape index (κ2) is 5.33. The van der Waals surface area contributed by atoms with Crippen LogP contribution in [0, 0.1) is 11.3 Å². The van der Waals surface area contributed by atoms with E-state index in [9.17, 15) is 0 Å². The summed E-state index contributed by atoms with van der Waals surface area (Å²) in [6.07, 6.45) is 0.500. The molecule has 0 saturated carbocycles. The molecule has 0 N–H and O–H groups in total. The van der Waals surface area contributed by atoms with Crippen molar-refractivity contribution in [1.29, 1.82) is 5.26 Å². The summed E-state index contributed by atoms with van der Waals surface area (Å²) in [6.45, 7) is 0. The number of nitriles is 1. The molecule has 0 radical (unpaired) electrons. The minimum absolute atomic E-state index is 0.500. The summed E-state index contributed by atoms with van der Waals surface area (Å²) < 4.78 is 0. The number of hydrogen-bond donors (Lipinski definition) is 0. The molecular weight excluding hydrogens is 188 g/mol. The average molecular weight is 195 g/mol. The first-order valence-corrected chi connectivity index (χ1v) is 4.22. The molecule has 3 nitrogen and oxygen atoms in total. The molecule has 0 aromatic heterocycles. The predicted molar refractivity (Wildman–Crippen MR) is 57.7 cm³/mol. The number of nitrogens with zero attached hydrogens (tertiary/aromatic N) is 2. The predicted octanol–water partition coefficient (Wildman–Crippen LogP) is 2.60. The van der Waals surface area contributed by atoms with Gasteiger partial charge in [-0.05, 0) is 22.9 Å². The van der Waals surface area contributed by atoms with Crippen LogP contribution in [0.1, 0.15) is 5.56 Å². The Morgan fingerprint density at radius 3 is 2.33 bits per heavy atom. The van der Waals surface area contributed by atoms with E-state index < -0.39 is 0 Å². The van der Waals surface area contributed by atoms with Gasteiger partial charge in [-0.25, -0.2) is 0 Å². The van der Waals surface area contributed by atoms with E-state index in [-0.39, 0.29) is 0 Å². The normalized spacial score (nSPS) is 8.20. The molecule has 2 rings (SSSR count). The van der Waals surface area contributed by atoms with Crippen LogP contribution in [0.2, 0.25) is 0 Å². The summed E-state index contributed by atoms with van der Waals surface area (Å²) in [5, 5.41) is 17.7. The highest BCUT2D eigenvalue weighted by Gasteiger charge is 1.96. The first kappa shape index (κ1) is 10.6. The van der Waals surface area contributed by atoms with Crippen LogP contribution in [-0.4, -0.2) is 6.08 Å². The molecule has 3 heteroatoms. The van der Waals surface area contributed by atoms with E-state index in [1.807, 2.05) is 42.5 Å². The van der Waals surface area contributed by atoms with E-state index in [1.54, 1.807) is 0 Å². The van der Waals surface area contributed by atoms with Gasteiger partial charge in [0.2, 0.25) is 0 Å². The number of benzene rings is 2. The van der Waals surface area contributed by atoms with Crippen molar-refractivity contribution in [3.63, 3.8) is 0 Å². The van der Waals surface area contributed by atoms with Gasteiger partial charge in [-0.3, -0.25) is 4.79 Å². The molecule has 2 aromatic rings. The van der Waals surface area contributed by atoms with Crippen molar-refractivity contribution in [2.75, 3.05) is 0 Å². The molecule has 0 fully saturated rings. The lowest BCUT2D eigenvalue weighted by molar-refractivity contribution is 0.569. The molecule has 2 aromatic carbocycles. The Kier molecular flexibility index (Phi) is 3.79. The van der Waals surface area contributed by atoms with Crippen LogP contribution < -0.4 is 0 Å². The van der Waals surface area contributed by atoms with Gasteiger partial charge in [0, 0.05) is 0 Å². The lowest BCUT2D eigenvalue weighted by Crippen LogP contribution is -1.77. The summed E-state index contributed by atoms with van der Waals surface area (Å²) >= 11 is 0. The monoisotopic (exact) mass is 195 g/mol. The fourth-order valence-corrected chi connectivity index (χ4v) is 1.32. The minimum atomic E-state index is 0.500. The zero-order valence-electron chi connectivity index (χ0n) is 7.84. The summed E-state index contributed by atoms with van der Waals surface area (Å²) in [7, 11) is 0. The zero-order chi connectivity index (χ0) is 11.1. The second-order valence-corrected chi connectivity index (χ2v) is 2.73. The van der Waals surface area contributed by atoms with Gasteiger partial charge in [-0.1, -0.05) is 36.4 Å². The largest absolute Gasteiger partial charge is 0.724 e. The van der Waals surface area contributed by atoms with Crippen LogP contribution in [-0.2, 0) is 4.79 Å². The smallest absolute Gasteiger partial charge is 0.0998 e. The molecule has 0 spiro atoms. The Bertz CT molecular complexity index is 529. The Labute approximate surface area is 87.1 Å². The highest BCUT2D eigenvalue weighted by atomic mass is 16.1. The second-order valence-electron chi connectivity index (χ2n) is 2.73. The fraction of sp³-hybridized carbons (Fsp3) is 0. The van der Waals surface area contributed by atoms with Gasteiger partial charge in [0.25, 0.3) is 0 Å². The van der Waals surface area contributed by atoms with Crippen LogP contribution in [0.3, 0.4) is 0 Å². The van der Waals surface area contributed by atoms with Crippen molar-refractivity contribution < 1.29 is 4.79 Å². The van der Waals surface area contributed by atoms with Gasteiger partial charge in [-0.2, -0.15) is 5.26 Å². The van der Waals surface area contributed by atoms with Gasteiger partial charge < -0.3 is 5.41 Å². The minimum Gasteiger partial charge on any atom is -0.724 e. The van der Waals surface area contributed by atoms with Gasteiger partial charge in [-0.15, -0.1) is 0 Å². The Morgan fingerprint density at radius 2 is 1.67 bits per heavy atom. The first-order chi connectivity index (χ1) is 7.33. The number of carbonyl (C=O) groups excluding carboxylic acids is 1. The summed E-state index contributed by atoms with van der Waals surface area (Å²) in [5.41, 5.74) is 0.744. The number of isocyanates is 1. The van der Waals surface area contributed by atoms with Crippen molar-refractivity contribution in [1.82, 2.24) is 0 Å². The van der Waals surface area contributed by atoms with Crippen LogP contribution >= 0.6 is 0 Å². The van der Waals surface area contributed by atoms with Crippen LogP contribution in [0.5, 0.6) is 0 Å². The van der Waals surface area contributed by atoms with Crippen molar-refractivity contribution in [2.45, 2.75) is 0 Å². The highest BCUT2D eigenvalue weighted by molar-refractivity contribution is 5.87. The Hall–Kier alpha value is -2.43. The van der Waals surface area contributed by atoms with Crippen molar-refractivity contribution in [3.8, 4) is 6.07 Å². The molecular formula is C12H7N2O-. The lowest BCUT2D eigenvalue weighted by atomic mass is 10.1. The molecule has 0 bridgehead atoms. The van der Waals surface area contributed by atoms with Crippen molar-refractivity contribution in [2.24, 2.45) is 0 Å². The van der Waals surface area contributed by atoms with E-state index in [2.05, 4.69) is 6.07 Å². The topological polar surface area (TPSA) is 63.2 Å². The van der Waals surface area contributed by atoms with Gasteiger partial charge >= 0.3 is 0 Å². The SMILES string of the molecule is N#Cc1cccc2ccccc12.[N-]=C=O. The Balaban J connectivity index is 0.000000337. The molecule has 0 amide bonds. The van der Waals surface area contributed by atoms with Gasteiger partial charge in [0.15, 0.2) is 0 Å². The molecule has 0 saturated heterocycles. The fourth-order valence-electron chi connectivity index (χ4n) is 1.32.